The summed E-state index contributed by atoms with van der Waals surface area (Å²) in [6.07, 6.45) is -2.15. The number of carbonyl (C=O) groups is 1. The van der Waals surface area contributed by atoms with Crippen LogP contribution in [0, 0.1) is 5.92 Å². The summed E-state index contributed by atoms with van der Waals surface area (Å²) in [6, 6.07) is 0. The first-order valence-electron chi connectivity index (χ1n) is 6.66. The average molecular weight is 322 g/mol. The Morgan fingerprint density at radius 2 is 2.19 bits per heavy atom. The number of hydrogen-bond acceptors (Lipinski definition) is 5. The van der Waals surface area contributed by atoms with Crippen molar-refractivity contribution in [1.82, 2.24) is 10.2 Å². The van der Waals surface area contributed by atoms with Crippen molar-refractivity contribution in [3.63, 3.8) is 0 Å². The first-order chi connectivity index (χ1) is 9.67. The van der Waals surface area contributed by atoms with E-state index in [2.05, 4.69) is 15.5 Å². The van der Waals surface area contributed by atoms with Crippen molar-refractivity contribution in [1.29, 1.82) is 0 Å². The summed E-state index contributed by atoms with van der Waals surface area (Å²) < 4.78 is 36.7. The van der Waals surface area contributed by atoms with E-state index in [4.69, 9.17) is 5.73 Å². The van der Waals surface area contributed by atoms with Crippen LogP contribution in [-0.4, -0.2) is 27.8 Å². The maximum absolute atomic E-state index is 12.2. The number of nitrogens with one attached hydrogen (secondary N) is 1. The molecule has 118 valence electrons. The van der Waals surface area contributed by atoms with Gasteiger partial charge in [0, 0.05) is 5.54 Å². The molecule has 2 atom stereocenters. The summed E-state index contributed by atoms with van der Waals surface area (Å²) in [4.78, 5) is 12.2. The highest BCUT2D eigenvalue weighted by Crippen LogP contribution is 2.33. The van der Waals surface area contributed by atoms with Gasteiger partial charge in [0.05, 0.1) is 12.3 Å². The number of aromatic nitrogens is 2. The van der Waals surface area contributed by atoms with Crippen LogP contribution in [0.15, 0.2) is 0 Å². The predicted octanol–water partition coefficient (Wildman–Crippen LogP) is 2.49. The maximum atomic E-state index is 12.2. The van der Waals surface area contributed by atoms with Crippen LogP contribution in [0.4, 0.5) is 18.3 Å². The van der Waals surface area contributed by atoms with Crippen LogP contribution >= 0.6 is 11.3 Å². The fourth-order valence-corrected chi connectivity index (χ4v) is 3.30. The first kappa shape index (κ1) is 16.2. The highest BCUT2D eigenvalue weighted by atomic mass is 32.1. The van der Waals surface area contributed by atoms with Crippen molar-refractivity contribution in [2.24, 2.45) is 11.7 Å². The maximum Gasteiger partial charge on any atom is 0.395 e. The number of carbonyl (C=O) groups excluding carboxylic acids is 1. The first-order valence-corrected chi connectivity index (χ1v) is 7.48. The minimum Gasteiger partial charge on any atom is -0.325 e. The number of hydrogen-bond donors (Lipinski definition) is 2. The summed E-state index contributed by atoms with van der Waals surface area (Å²) in [5.41, 5.74) is 5.53. The fourth-order valence-electron chi connectivity index (χ4n) is 2.53. The normalized spacial score (nSPS) is 26.6. The third-order valence-electron chi connectivity index (χ3n) is 3.62. The minimum absolute atomic E-state index is 0.0839. The zero-order valence-electron chi connectivity index (χ0n) is 11.5. The predicted molar refractivity (Wildman–Crippen MR) is 72.8 cm³/mol. The van der Waals surface area contributed by atoms with Crippen LogP contribution in [-0.2, 0) is 11.2 Å². The second-order valence-corrected chi connectivity index (χ2v) is 6.65. The molecule has 0 aromatic carbocycles. The number of rotatable bonds is 3. The van der Waals surface area contributed by atoms with Crippen molar-refractivity contribution in [3.05, 3.63) is 5.01 Å². The molecular formula is C12H17F3N4OS. The molecule has 1 aliphatic rings. The van der Waals surface area contributed by atoms with Gasteiger partial charge < -0.3 is 11.1 Å². The standard InChI is InChI=1S/C12H17F3N4OS/c1-11(16)5-3-2-4-7(11)9(20)17-10-19-18-8(21-10)6-12(13,14)15/h7H,2-6,16H2,1H3,(H,17,19,20). The molecule has 0 radical (unpaired) electrons. The van der Waals surface area contributed by atoms with Gasteiger partial charge >= 0.3 is 6.18 Å². The Morgan fingerprint density at radius 3 is 2.81 bits per heavy atom. The molecule has 2 rings (SSSR count). The van der Waals surface area contributed by atoms with Gasteiger partial charge in [0.15, 0.2) is 0 Å². The monoisotopic (exact) mass is 322 g/mol. The molecule has 1 aromatic heterocycles. The smallest absolute Gasteiger partial charge is 0.325 e. The zero-order valence-corrected chi connectivity index (χ0v) is 12.4. The molecule has 3 N–H and O–H groups in total. The Labute approximate surface area is 124 Å². The van der Waals surface area contributed by atoms with Crippen LogP contribution in [0.5, 0.6) is 0 Å². The number of halogens is 3. The second-order valence-electron chi connectivity index (χ2n) is 5.59. The van der Waals surface area contributed by atoms with Gasteiger partial charge in [-0.3, -0.25) is 4.79 Å². The van der Waals surface area contributed by atoms with Crippen LogP contribution in [0.2, 0.25) is 0 Å². The van der Waals surface area contributed by atoms with Crippen LogP contribution in [0.1, 0.15) is 37.6 Å². The SMILES string of the molecule is CC1(N)CCCCC1C(=O)Nc1nnc(CC(F)(F)F)s1. The van der Waals surface area contributed by atoms with E-state index in [0.29, 0.717) is 6.42 Å². The van der Waals surface area contributed by atoms with E-state index in [1.807, 2.05) is 6.92 Å². The van der Waals surface area contributed by atoms with E-state index in [-0.39, 0.29) is 22.0 Å². The van der Waals surface area contributed by atoms with E-state index in [1.165, 1.54) is 0 Å². The van der Waals surface area contributed by atoms with E-state index >= 15 is 0 Å². The van der Waals surface area contributed by atoms with Crippen LogP contribution in [0.25, 0.3) is 0 Å². The van der Waals surface area contributed by atoms with Gasteiger partial charge in [-0.1, -0.05) is 24.2 Å². The molecule has 0 spiro atoms. The summed E-state index contributed by atoms with van der Waals surface area (Å²) in [7, 11) is 0. The van der Waals surface area contributed by atoms with Crippen molar-refractivity contribution in [2.75, 3.05) is 5.32 Å². The number of nitrogens with zero attached hydrogens (tertiary/aromatic N) is 2. The Balaban J connectivity index is 2.00. The Morgan fingerprint density at radius 1 is 1.48 bits per heavy atom. The van der Waals surface area contributed by atoms with E-state index in [0.717, 1.165) is 30.6 Å². The Kier molecular flexibility index (Phi) is 4.52. The third-order valence-corrected chi connectivity index (χ3v) is 4.46. The number of alkyl halides is 3. The lowest BCUT2D eigenvalue weighted by Crippen LogP contribution is -2.51. The molecule has 21 heavy (non-hydrogen) atoms. The van der Waals surface area contributed by atoms with Gasteiger partial charge in [-0.05, 0) is 19.8 Å². The molecular weight excluding hydrogens is 305 g/mol. The molecule has 0 bridgehead atoms. The Bertz CT molecular complexity index is 515. The molecule has 1 amide bonds. The molecule has 5 nitrogen and oxygen atoms in total. The summed E-state index contributed by atoms with van der Waals surface area (Å²) >= 11 is 0.737. The van der Waals surface area contributed by atoms with E-state index in [9.17, 15) is 18.0 Å². The van der Waals surface area contributed by atoms with E-state index in [1.54, 1.807) is 0 Å². The molecule has 1 aromatic rings. The van der Waals surface area contributed by atoms with Gasteiger partial charge in [0.25, 0.3) is 0 Å². The molecule has 0 saturated heterocycles. The second kappa shape index (κ2) is 5.88. The zero-order chi connectivity index (χ0) is 15.7. The highest BCUT2D eigenvalue weighted by Gasteiger charge is 2.38. The quantitative estimate of drug-likeness (QED) is 0.896. The summed E-state index contributed by atoms with van der Waals surface area (Å²) in [5, 5.41) is 9.46. The van der Waals surface area contributed by atoms with Gasteiger partial charge in [-0.15, -0.1) is 10.2 Å². The van der Waals surface area contributed by atoms with Gasteiger partial charge in [0.2, 0.25) is 11.0 Å². The summed E-state index contributed by atoms with van der Waals surface area (Å²) in [6.45, 7) is 1.82. The van der Waals surface area contributed by atoms with Crippen molar-refractivity contribution in [3.8, 4) is 0 Å². The molecule has 1 aliphatic carbocycles. The lowest BCUT2D eigenvalue weighted by atomic mass is 9.74. The molecule has 2 unspecified atom stereocenters. The highest BCUT2D eigenvalue weighted by molar-refractivity contribution is 7.15. The number of anilines is 1. The number of amides is 1. The summed E-state index contributed by atoms with van der Waals surface area (Å²) in [5.74, 6) is -0.657. The van der Waals surface area contributed by atoms with Crippen LogP contribution in [0.3, 0.4) is 0 Å². The Hall–Kier alpha value is -1.22. The molecule has 9 heteroatoms. The van der Waals surface area contributed by atoms with Crippen molar-refractivity contribution >= 4 is 22.4 Å². The van der Waals surface area contributed by atoms with Gasteiger partial charge in [-0.2, -0.15) is 13.2 Å². The molecule has 1 fully saturated rings. The molecule has 1 saturated carbocycles. The van der Waals surface area contributed by atoms with Crippen molar-refractivity contribution in [2.45, 2.75) is 50.7 Å². The third kappa shape index (κ3) is 4.37. The fraction of sp³-hybridized carbons (Fsp3) is 0.750. The number of nitrogens with two attached hydrogens (primary N) is 1. The van der Waals surface area contributed by atoms with Gasteiger partial charge in [-0.25, -0.2) is 0 Å². The molecule has 1 heterocycles. The topological polar surface area (TPSA) is 80.9 Å². The lowest BCUT2D eigenvalue weighted by molar-refractivity contribution is -0.127. The van der Waals surface area contributed by atoms with Crippen LogP contribution < -0.4 is 11.1 Å². The van der Waals surface area contributed by atoms with E-state index < -0.39 is 18.1 Å². The van der Waals surface area contributed by atoms with Gasteiger partial charge in [0.1, 0.15) is 5.01 Å². The van der Waals surface area contributed by atoms with Crippen molar-refractivity contribution < 1.29 is 18.0 Å². The largest absolute Gasteiger partial charge is 0.395 e. The minimum atomic E-state index is -4.33. The average Bonchev–Trinajstić information content (AvgIpc) is 2.73. The molecule has 0 aliphatic heterocycles. The lowest BCUT2D eigenvalue weighted by Gasteiger charge is -2.36.